The number of rotatable bonds is 1. The minimum atomic E-state index is -0.309. The molecule has 0 saturated carbocycles. The third kappa shape index (κ3) is 1.87. The summed E-state index contributed by atoms with van der Waals surface area (Å²) in [5.41, 5.74) is 1.91. The first kappa shape index (κ1) is 13.0. The Hall–Kier alpha value is -1.97. The van der Waals surface area contributed by atoms with E-state index in [4.69, 9.17) is 4.42 Å². The molecule has 0 spiro atoms. The first-order valence-corrected chi connectivity index (χ1v) is 5.85. The minimum absolute atomic E-state index is 0. The second-order valence-corrected chi connectivity index (χ2v) is 4.26. The molecule has 0 aliphatic rings. The standard InChI is InChI=1S/C15H8FN2O.Ir/c16-10-5-6-11-12-3-1-4-13(18-8-2-7-17-18)15(12)19-14(11)9-10;/h1-3,5-9H;/q-1;. The van der Waals surface area contributed by atoms with Gasteiger partial charge in [-0.25, -0.2) is 4.39 Å². The summed E-state index contributed by atoms with van der Waals surface area (Å²) in [5.74, 6) is -0.309. The van der Waals surface area contributed by atoms with Crippen LogP contribution >= 0.6 is 0 Å². The van der Waals surface area contributed by atoms with Gasteiger partial charge in [0.05, 0.1) is 0 Å². The first-order chi connectivity index (χ1) is 9.33. The summed E-state index contributed by atoms with van der Waals surface area (Å²) >= 11 is 0. The molecule has 0 amide bonds. The SMILES string of the molecule is Fc1ccc2c(c1)oc1c(-n3cccn3)[c-]ccc12.[Ir]. The second-order valence-electron chi connectivity index (χ2n) is 4.26. The maximum Gasteiger partial charge on any atom is 0.126 e. The number of furan rings is 1. The summed E-state index contributed by atoms with van der Waals surface area (Å²) in [7, 11) is 0. The maximum absolute atomic E-state index is 13.3. The van der Waals surface area contributed by atoms with Crippen LogP contribution in [0.3, 0.4) is 0 Å². The van der Waals surface area contributed by atoms with Crippen LogP contribution in [0, 0.1) is 11.9 Å². The normalized spacial score (nSPS) is 10.8. The number of halogens is 1. The fourth-order valence-electron chi connectivity index (χ4n) is 2.27. The van der Waals surface area contributed by atoms with E-state index in [0.717, 1.165) is 16.5 Å². The van der Waals surface area contributed by atoms with Crippen LogP contribution in [0.2, 0.25) is 0 Å². The molecule has 0 aliphatic carbocycles. The molecule has 5 heteroatoms. The van der Waals surface area contributed by atoms with Gasteiger partial charge >= 0.3 is 0 Å². The molecule has 0 fully saturated rings. The van der Waals surface area contributed by atoms with E-state index >= 15 is 0 Å². The van der Waals surface area contributed by atoms with Gasteiger partial charge < -0.3 is 4.42 Å². The van der Waals surface area contributed by atoms with Gasteiger partial charge in [0.15, 0.2) is 0 Å². The van der Waals surface area contributed by atoms with E-state index < -0.39 is 0 Å². The van der Waals surface area contributed by atoms with Crippen LogP contribution in [-0.4, -0.2) is 9.78 Å². The summed E-state index contributed by atoms with van der Waals surface area (Å²) < 4.78 is 20.7. The number of aromatic nitrogens is 2. The van der Waals surface area contributed by atoms with Gasteiger partial charge in [0.25, 0.3) is 0 Å². The molecule has 0 N–H and O–H groups in total. The van der Waals surface area contributed by atoms with E-state index in [1.807, 2.05) is 24.4 Å². The fourth-order valence-corrected chi connectivity index (χ4v) is 2.27. The maximum atomic E-state index is 13.3. The van der Waals surface area contributed by atoms with Gasteiger partial charge in [0, 0.05) is 49.5 Å². The molecule has 0 atom stereocenters. The monoisotopic (exact) mass is 444 g/mol. The van der Waals surface area contributed by atoms with E-state index in [0.29, 0.717) is 11.2 Å². The molecule has 2 aromatic carbocycles. The van der Waals surface area contributed by atoms with E-state index in [1.54, 1.807) is 16.9 Å². The number of benzene rings is 2. The fraction of sp³-hybridized carbons (Fsp3) is 0. The molecule has 0 saturated heterocycles. The van der Waals surface area contributed by atoms with Crippen LogP contribution in [0.4, 0.5) is 4.39 Å². The van der Waals surface area contributed by atoms with E-state index in [1.165, 1.54) is 12.1 Å². The summed E-state index contributed by atoms with van der Waals surface area (Å²) in [5, 5.41) is 5.99. The van der Waals surface area contributed by atoms with Crippen LogP contribution in [-0.2, 0) is 20.1 Å². The predicted octanol–water partition coefficient (Wildman–Crippen LogP) is 3.71. The van der Waals surface area contributed by atoms with Crippen molar-refractivity contribution < 1.29 is 28.9 Å². The Morgan fingerprint density at radius 3 is 2.90 bits per heavy atom. The predicted molar refractivity (Wildman–Crippen MR) is 69.6 cm³/mol. The topological polar surface area (TPSA) is 31.0 Å². The molecule has 0 bridgehead atoms. The van der Waals surface area contributed by atoms with Crippen LogP contribution < -0.4 is 0 Å². The van der Waals surface area contributed by atoms with Crippen molar-refractivity contribution in [3.63, 3.8) is 0 Å². The Kier molecular flexibility index (Phi) is 3.16. The third-order valence-corrected chi connectivity index (χ3v) is 3.11. The molecule has 0 aliphatic heterocycles. The number of hydrogen-bond acceptors (Lipinski definition) is 2. The average molecular weight is 443 g/mol. The van der Waals surface area contributed by atoms with Gasteiger partial charge in [-0.2, -0.15) is 23.3 Å². The van der Waals surface area contributed by atoms with Crippen molar-refractivity contribution in [2.75, 3.05) is 0 Å². The van der Waals surface area contributed by atoms with Gasteiger partial charge in [-0.05, 0) is 23.9 Å². The van der Waals surface area contributed by atoms with Crippen molar-refractivity contribution in [3.05, 3.63) is 60.7 Å². The molecule has 4 aromatic rings. The van der Waals surface area contributed by atoms with Crippen LogP contribution in [0.25, 0.3) is 27.6 Å². The van der Waals surface area contributed by atoms with E-state index in [2.05, 4.69) is 11.2 Å². The smallest absolute Gasteiger partial charge is 0.126 e. The average Bonchev–Trinajstić information content (AvgIpc) is 3.04. The molecule has 0 unspecified atom stereocenters. The Morgan fingerprint density at radius 2 is 2.10 bits per heavy atom. The number of hydrogen-bond donors (Lipinski definition) is 0. The minimum Gasteiger partial charge on any atom is -0.513 e. The quantitative estimate of drug-likeness (QED) is 0.420. The van der Waals surface area contributed by atoms with Crippen LogP contribution in [0.1, 0.15) is 0 Å². The van der Waals surface area contributed by atoms with E-state index in [9.17, 15) is 4.39 Å². The van der Waals surface area contributed by atoms with Crippen molar-refractivity contribution in [2.24, 2.45) is 0 Å². The van der Waals surface area contributed by atoms with Crippen molar-refractivity contribution in [1.29, 1.82) is 0 Å². The number of fused-ring (bicyclic) bond motifs is 3. The zero-order chi connectivity index (χ0) is 12.8. The Bertz CT molecular complexity index is 884. The van der Waals surface area contributed by atoms with Crippen LogP contribution in [0.15, 0.2) is 53.2 Å². The third-order valence-electron chi connectivity index (χ3n) is 3.11. The second kappa shape index (κ2) is 4.85. The number of nitrogens with zero attached hydrogens (tertiary/aromatic N) is 2. The van der Waals surface area contributed by atoms with Crippen molar-refractivity contribution in [2.45, 2.75) is 0 Å². The molecular weight excluding hydrogens is 435 g/mol. The van der Waals surface area contributed by atoms with Gasteiger partial charge in [0.2, 0.25) is 0 Å². The van der Waals surface area contributed by atoms with Crippen LogP contribution in [0.5, 0.6) is 0 Å². The summed E-state index contributed by atoms with van der Waals surface area (Å²) in [6, 6.07) is 13.2. The molecule has 20 heavy (non-hydrogen) atoms. The largest absolute Gasteiger partial charge is 0.513 e. The molecule has 2 aromatic heterocycles. The van der Waals surface area contributed by atoms with Gasteiger partial charge in [0.1, 0.15) is 11.4 Å². The summed E-state index contributed by atoms with van der Waals surface area (Å²) in [4.78, 5) is 0. The zero-order valence-electron chi connectivity index (χ0n) is 10.1. The Labute approximate surface area is 127 Å². The molecule has 3 nitrogen and oxygen atoms in total. The van der Waals surface area contributed by atoms with Gasteiger partial charge in [-0.1, -0.05) is 5.39 Å². The molecule has 101 valence electrons. The first-order valence-electron chi connectivity index (χ1n) is 5.85. The van der Waals surface area contributed by atoms with Crippen molar-refractivity contribution in [3.8, 4) is 5.69 Å². The molecule has 1 radical (unpaired) electrons. The zero-order valence-corrected chi connectivity index (χ0v) is 12.5. The van der Waals surface area contributed by atoms with Gasteiger partial charge in [-0.15, -0.1) is 0 Å². The molecule has 2 heterocycles. The van der Waals surface area contributed by atoms with Gasteiger partial charge in [-0.3, -0.25) is 4.68 Å². The Morgan fingerprint density at radius 1 is 1.20 bits per heavy atom. The molecule has 4 rings (SSSR count). The summed E-state index contributed by atoms with van der Waals surface area (Å²) in [6.07, 6.45) is 3.51. The Balaban J connectivity index is 0.00000121. The molecular formula is C15H8FIrN2O-. The van der Waals surface area contributed by atoms with Crippen molar-refractivity contribution >= 4 is 21.9 Å². The van der Waals surface area contributed by atoms with Crippen molar-refractivity contribution in [1.82, 2.24) is 9.78 Å². The summed E-state index contributed by atoms with van der Waals surface area (Å²) in [6.45, 7) is 0. The van der Waals surface area contributed by atoms with E-state index in [-0.39, 0.29) is 25.9 Å².